The van der Waals surface area contributed by atoms with E-state index in [9.17, 15) is 9.90 Å². The number of allylic oxidation sites excluding steroid dienone is 3. The lowest BCUT2D eigenvalue weighted by Crippen LogP contribution is -2.53. The van der Waals surface area contributed by atoms with Crippen LogP contribution in [0.5, 0.6) is 0 Å². The fourth-order valence-corrected chi connectivity index (χ4v) is 4.25. The normalized spacial score (nSPS) is 26.9. The van der Waals surface area contributed by atoms with Crippen LogP contribution in [0.2, 0.25) is 0 Å². The topological polar surface area (TPSA) is 78.9 Å². The monoisotopic (exact) mass is 373 g/mol. The molecule has 1 aliphatic heterocycles. The second kappa shape index (κ2) is 6.77. The van der Waals surface area contributed by atoms with Crippen molar-refractivity contribution < 1.29 is 9.90 Å². The zero-order valence-electron chi connectivity index (χ0n) is 15.7. The van der Waals surface area contributed by atoms with Crippen LogP contribution in [0.1, 0.15) is 17.5 Å². The highest BCUT2D eigenvalue weighted by atomic mass is 16.3. The molecule has 2 aromatic carbocycles. The number of amides is 1. The molecule has 0 saturated heterocycles. The van der Waals surface area contributed by atoms with Gasteiger partial charge in [-0.15, -0.1) is 0 Å². The molecule has 2 unspecified atom stereocenters. The van der Waals surface area contributed by atoms with E-state index < -0.39 is 11.0 Å². The first-order valence-electron chi connectivity index (χ1n) is 9.28. The number of hydrogen-bond acceptors (Lipinski definition) is 4. The van der Waals surface area contributed by atoms with Crippen molar-refractivity contribution >= 4 is 17.4 Å². The minimum atomic E-state index is -1.31. The molecule has 0 saturated carbocycles. The van der Waals surface area contributed by atoms with Crippen molar-refractivity contribution in [3.63, 3.8) is 0 Å². The standard InChI is InChI=1S/C23H23N3O2/c1-26-20(28)23(25-21(26)24,19-12-6-3-7-13-19)22(16-27)14-8-11-18(15-22)17-9-4-2-5-10-17/h2-14,27H,15-16H2,1H3,(H2,24,25). The first-order chi connectivity index (χ1) is 13.5. The van der Waals surface area contributed by atoms with Crippen molar-refractivity contribution in [2.24, 2.45) is 16.1 Å². The number of nitrogens with two attached hydrogens (primary N) is 1. The van der Waals surface area contributed by atoms with E-state index in [0.29, 0.717) is 6.42 Å². The highest BCUT2D eigenvalue weighted by Crippen LogP contribution is 2.53. The molecule has 28 heavy (non-hydrogen) atoms. The number of aliphatic hydroxyl groups excluding tert-OH is 1. The van der Waals surface area contributed by atoms with E-state index in [-0.39, 0.29) is 18.5 Å². The third-order valence-corrected chi connectivity index (χ3v) is 5.80. The number of likely N-dealkylation sites (N-methyl/N-ethyl adjacent to an activating group) is 1. The molecule has 3 N–H and O–H groups in total. The highest BCUT2D eigenvalue weighted by molar-refractivity contribution is 6.08. The Morgan fingerprint density at radius 1 is 1.11 bits per heavy atom. The second-order valence-electron chi connectivity index (χ2n) is 7.32. The van der Waals surface area contributed by atoms with Gasteiger partial charge in [-0.2, -0.15) is 0 Å². The number of benzene rings is 2. The van der Waals surface area contributed by atoms with Crippen LogP contribution in [0, 0.1) is 5.41 Å². The van der Waals surface area contributed by atoms with E-state index in [0.717, 1.165) is 16.7 Å². The van der Waals surface area contributed by atoms with Gasteiger partial charge in [0, 0.05) is 7.05 Å². The molecule has 2 aromatic rings. The summed E-state index contributed by atoms with van der Waals surface area (Å²) < 4.78 is 0. The lowest BCUT2D eigenvalue weighted by molar-refractivity contribution is -0.135. The van der Waals surface area contributed by atoms with E-state index in [1.807, 2.05) is 78.9 Å². The summed E-state index contributed by atoms with van der Waals surface area (Å²) in [6, 6.07) is 19.4. The first-order valence-corrected chi connectivity index (χ1v) is 9.28. The molecular formula is C23H23N3O2. The van der Waals surface area contributed by atoms with Gasteiger partial charge in [0.15, 0.2) is 11.5 Å². The SMILES string of the molecule is CN1C(=O)C(c2ccccc2)(C2(CO)C=CC=C(c3ccccc3)C2)N=C1N. The largest absolute Gasteiger partial charge is 0.395 e. The van der Waals surface area contributed by atoms with Crippen LogP contribution in [0.15, 0.2) is 83.9 Å². The molecule has 142 valence electrons. The van der Waals surface area contributed by atoms with Gasteiger partial charge in [-0.3, -0.25) is 9.69 Å². The Kier molecular flexibility index (Phi) is 4.40. The molecule has 0 aromatic heterocycles. The summed E-state index contributed by atoms with van der Waals surface area (Å²) in [5, 5.41) is 10.6. The van der Waals surface area contributed by atoms with Crippen molar-refractivity contribution in [1.82, 2.24) is 4.90 Å². The molecule has 0 spiro atoms. The zero-order chi connectivity index (χ0) is 19.8. The minimum Gasteiger partial charge on any atom is -0.395 e. The third-order valence-electron chi connectivity index (χ3n) is 5.80. The lowest BCUT2D eigenvalue weighted by atomic mass is 9.61. The zero-order valence-corrected chi connectivity index (χ0v) is 15.7. The molecule has 2 aliphatic rings. The van der Waals surface area contributed by atoms with Crippen molar-refractivity contribution in [3.05, 3.63) is 90.0 Å². The van der Waals surface area contributed by atoms with Crippen LogP contribution in [-0.2, 0) is 10.3 Å². The molecule has 5 nitrogen and oxygen atoms in total. The summed E-state index contributed by atoms with van der Waals surface area (Å²) in [4.78, 5) is 19.6. The van der Waals surface area contributed by atoms with E-state index in [2.05, 4.69) is 4.99 Å². The van der Waals surface area contributed by atoms with Gasteiger partial charge in [0.1, 0.15) is 0 Å². The number of rotatable bonds is 4. The number of nitrogens with zero attached hydrogens (tertiary/aromatic N) is 2. The maximum absolute atomic E-state index is 13.5. The van der Waals surface area contributed by atoms with Gasteiger partial charge >= 0.3 is 0 Å². The van der Waals surface area contributed by atoms with Crippen molar-refractivity contribution in [2.45, 2.75) is 12.0 Å². The Labute approximate surface area is 164 Å². The van der Waals surface area contributed by atoms with Gasteiger partial charge in [-0.1, -0.05) is 78.9 Å². The predicted octanol–water partition coefficient (Wildman–Crippen LogP) is 2.69. The Morgan fingerprint density at radius 3 is 2.32 bits per heavy atom. The quantitative estimate of drug-likeness (QED) is 0.865. The molecule has 0 fully saturated rings. The molecule has 5 heteroatoms. The van der Waals surface area contributed by atoms with Crippen LogP contribution in [0.25, 0.3) is 5.57 Å². The first kappa shape index (κ1) is 18.2. The van der Waals surface area contributed by atoms with Crippen molar-refractivity contribution in [1.29, 1.82) is 0 Å². The maximum atomic E-state index is 13.5. The minimum absolute atomic E-state index is 0.158. The summed E-state index contributed by atoms with van der Waals surface area (Å²) in [6.07, 6.45) is 6.30. The van der Waals surface area contributed by atoms with E-state index in [1.54, 1.807) is 7.05 Å². The Bertz CT molecular complexity index is 981. The van der Waals surface area contributed by atoms with E-state index in [1.165, 1.54) is 4.90 Å². The van der Waals surface area contributed by atoms with Crippen molar-refractivity contribution in [3.8, 4) is 0 Å². The lowest BCUT2D eigenvalue weighted by Gasteiger charge is -2.44. The maximum Gasteiger partial charge on any atom is 0.262 e. The van der Waals surface area contributed by atoms with E-state index in [4.69, 9.17) is 5.73 Å². The molecule has 2 atom stereocenters. The smallest absolute Gasteiger partial charge is 0.262 e. The predicted molar refractivity (Wildman–Crippen MR) is 110 cm³/mol. The van der Waals surface area contributed by atoms with Crippen LogP contribution in [-0.4, -0.2) is 35.5 Å². The number of aliphatic hydroxyl groups is 1. The molecule has 1 amide bonds. The summed E-state index contributed by atoms with van der Waals surface area (Å²) in [7, 11) is 1.62. The Hall–Kier alpha value is -3.18. The average Bonchev–Trinajstić information content (AvgIpc) is 3.00. The molecule has 0 bridgehead atoms. The number of carbonyl (C=O) groups excluding carboxylic acids is 1. The van der Waals surface area contributed by atoms with Gasteiger partial charge < -0.3 is 10.8 Å². The summed E-state index contributed by atoms with van der Waals surface area (Å²) >= 11 is 0. The number of carbonyl (C=O) groups is 1. The van der Waals surface area contributed by atoms with Crippen molar-refractivity contribution in [2.75, 3.05) is 13.7 Å². The van der Waals surface area contributed by atoms with Crippen LogP contribution >= 0.6 is 0 Å². The Morgan fingerprint density at radius 2 is 1.75 bits per heavy atom. The summed E-state index contributed by atoms with van der Waals surface area (Å²) in [6.45, 7) is -0.237. The molecule has 1 heterocycles. The van der Waals surface area contributed by atoms with Gasteiger partial charge in [0.25, 0.3) is 5.91 Å². The van der Waals surface area contributed by atoms with Gasteiger partial charge in [-0.05, 0) is 23.1 Å². The second-order valence-corrected chi connectivity index (χ2v) is 7.32. The number of guanidine groups is 1. The third kappa shape index (κ3) is 2.51. The van der Waals surface area contributed by atoms with Gasteiger partial charge in [0.05, 0.1) is 12.0 Å². The Balaban J connectivity index is 1.90. The van der Waals surface area contributed by atoms with Crippen LogP contribution in [0.3, 0.4) is 0 Å². The molecule has 1 aliphatic carbocycles. The molecule has 4 rings (SSSR count). The van der Waals surface area contributed by atoms with Crippen LogP contribution in [0.4, 0.5) is 0 Å². The fourth-order valence-electron chi connectivity index (χ4n) is 4.25. The molecular weight excluding hydrogens is 350 g/mol. The van der Waals surface area contributed by atoms with Gasteiger partial charge in [-0.25, -0.2) is 4.99 Å². The molecule has 0 radical (unpaired) electrons. The highest BCUT2D eigenvalue weighted by Gasteiger charge is 2.61. The average molecular weight is 373 g/mol. The fraction of sp³-hybridized carbons (Fsp3) is 0.217. The number of aliphatic imine (C=N–C) groups is 1. The summed E-state index contributed by atoms with van der Waals surface area (Å²) in [5.41, 5.74) is 6.65. The van der Waals surface area contributed by atoms with Crippen LogP contribution < -0.4 is 5.73 Å². The van der Waals surface area contributed by atoms with E-state index >= 15 is 0 Å². The summed E-state index contributed by atoms with van der Waals surface area (Å²) in [5.74, 6) is -0.0740. The number of hydrogen-bond donors (Lipinski definition) is 2. The van der Waals surface area contributed by atoms with Gasteiger partial charge in [0.2, 0.25) is 0 Å².